The zero-order valence-electron chi connectivity index (χ0n) is 12.2. The van der Waals surface area contributed by atoms with Crippen molar-refractivity contribution in [2.75, 3.05) is 18.0 Å². The topological polar surface area (TPSA) is 41.9 Å². The van der Waals surface area contributed by atoms with Crippen LogP contribution in [0.5, 0.6) is 0 Å². The van der Waals surface area contributed by atoms with Crippen LogP contribution in [0.15, 0.2) is 6.20 Å². The zero-order valence-corrected chi connectivity index (χ0v) is 13.0. The van der Waals surface area contributed by atoms with Gasteiger partial charge in [-0.1, -0.05) is 24.9 Å². The lowest BCUT2D eigenvalue weighted by molar-refractivity contribution is 0.530. The number of pyridine rings is 1. The maximum atomic E-state index is 13.9. The molecule has 1 saturated heterocycles. The fourth-order valence-corrected chi connectivity index (χ4v) is 3.08. The first kappa shape index (κ1) is 14.4. The number of fused-ring (bicyclic) bond motifs is 1. The smallest absolute Gasteiger partial charge is 0.311 e. The largest absolute Gasteiger partial charge is 0.356 e. The van der Waals surface area contributed by atoms with Gasteiger partial charge in [-0.25, -0.2) is 9.97 Å². The lowest BCUT2D eigenvalue weighted by atomic mass is 10.1. The minimum Gasteiger partial charge on any atom is -0.356 e. The van der Waals surface area contributed by atoms with Gasteiger partial charge in [0.25, 0.3) is 0 Å². The lowest BCUT2D eigenvalue weighted by Crippen LogP contribution is -2.28. The Morgan fingerprint density at radius 1 is 1.33 bits per heavy atom. The molecule has 0 amide bonds. The molecule has 4 nitrogen and oxygen atoms in total. The first-order valence-electron chi connectivity index (χ1n) is 7.29. The summed E-state index contributed by atoms with van der Waals surface area (Å²) in [4.78, 5) is 14.3. The van der Waals surface area contributed by atoms with Crippen molar-refractivity contribution in [1.82, 2.24) is 15.0 Å². The van der Waals surface area contributed by atoms with Crippen LogP contribution in [0.2, 0.25) is 5.15 Å². The van der Waals surface area contributed by atoms with Gasteiger partial charge < -0.3 is 4.90 Å². The second-order valence-electron chi connectivity index (χ2n) is 5.80. The molecule has 21 heavy (non-hydrogen) atoms. The predicted molar refractivity (Wildman–Crippen MR) is 82.3 cm³/mol. The van der Waals surface area contributed by atoms with E-state index in [0.717, 1.165) is 24.9 Å². The maximum Gasteiger partial charge on any atom is 0.311 e. The van der Waals surface area contributed by atoms with Crippen LogP contribution in [0, 0.1) is 18.9 Å². The van der Waals surface area contributed by atoms with Crippen molar-refractivity contribution >= 4 is 28.3 Å². The molecule has 0 N–H and O–H groups in total. The third-order valence-electron chi connectivity index (χ3n) is 4.08. The van der Waals surface area contributed by atoms with Crippen molar-refractivity contribution < 1.29 is 4.39 Å². The molecular weight excluding hydrogens is 291 g/mol. The van der Waals surface area contributed by atoms with Gasteiger partial charge in [-0.3, -0.25) is 0 Å². The molecule has 0 saturated carbocycles. The zero-order chi connectivity index (χ0) is 15.0. The Labute approximate surface area is 128 Å². The second-order valence-corrected chi connectivity index (χ2v) is 6.16. The molecule has 3 rings (SSSR count). The van der Waals surface area contributed by atoms with Gasteiger partial charge in [-0.2, -0.15) is 9.37 Å². The van der Waals surface area contributed by atoms with Gasteiger partial charge in [0.2, 0.25) is 0 Å². The number of halogens is 2. The Bertz CT molecular complexity index is 676. The highest BCUT2D eigenvalue weighted by Crippen LogP contribution is 2.30. The van der Waals surface area contributed by atoms with Gasteiger partial charge in [-0.15, -0.1) is 0 Å². The first-order valence-corrected chi connectivity index (χ1v) is 7.67. The molecule has 0 aliphatic carbocycles. The van der Waals surface area contributed by atoms with E-state index in [0.29, 0.717) is 28.0 Å². The Morgan fingerprint density at radius 2 is 2.14 bits per heavy atom. The van der Waals surface area contributed by atoms with Gasteiger partial charge in [-0.05, 0) is 25.7 Å². The molecule has 1 aliphatic heterocycles. The Kier molecular flexibility index (Phi) is 3.93. The molecule has 2 aromatic heterocycles. The highest BCUT2D eigenvalue weighted by Gasteiger charge is 2.21. The molecule has 1 unspecified atom stereocenters. The molecular formula is C15H18ClFN4. The molecule has 1 fully saturated rings. The van der Waals surface area contributed by atoms with Crippen molar-refractivity contribution in [1.29, 1.82) is 0 Å². The van der Waals surface area contributed by atoms with Crippen LogP contribution in [-0.4, -0.2) is 28.0 Å². The Hall–Kier alpha value is -1.49. The molecule has 0 aromatic carbocycles. The molecule has 0 radical (unpaired) electrons. The number of hydrogen-bond donors (Lipinski definition) is 0. The number of hydrogen-bond acceptors (Lipinski definition) is 4. The third-order valence-corrected chi connectivity index (χ3v) is 4.46. The van der Waals surface area contributed by atoms with Crippen LogP contribution in [0.25, 0.3) is 10.9 Å². The van der Waals surface area contributed by atoms with E-state index in [2.05, 4.69) is 26.8 Å². The lowest BCUT2D eigenvalue weighted by Gasteiger charge is -2.25. The van der Waals surface area contributed by atoms with Crippen LogP contribution < -0.4 is 4.90 Å². The Balaban J connectivity index is 2.15. The highest BCUT2D eigenvalue weighted by molar-refractivity contribution is 6.31. The van der Waals surface area contributed by atoms with Crippen LogP contribution in [0.3, 0.4) is 0 Å². The van der Waals surface area contributed by atoms with E-state index >= 15 is 0 Å². The van der Waals surface area contributed by atoms with Crippen LogP contribution in [0.4, 0.5) is 10.2 Å². The van der Waals surface area contributed by atoms with Crippen LogP contribution in [0.1, 0.15) is 31.7 Å². The number of aryl methyl sites for hydroxylation is 1. The quantitative estimate of drug-likeness (QED) is 0.594. The predicted octanol–water partition coefficient (Wildman–Crippen LogP) is 3.75. The Morgan fingerprint density at radius 3 is 2.95 bits per heavy atom. The summed E-state index contributed by atoms with van der Waals surface area (Å²) in [6.07, 6.45) is 4.43. The molecule has 1 aliphatic rings. The fraction of sp³-hybridized carbons (Fsp3) is 0.533. The average molecular weight is 309 g/mol. The molecule has 3 heterocycles. The molecule has 6 heteroatoms. The molecule has 1 atom stereocenters. The maximum absolute atomic E-state index is 13.9. The molecule has 2 aromatic rings. The minimum absolute atomic E-state index is 0.357. The number of aromatic nitrogens is 3. The number of nitrogens with zero attached hydrogens (tertiary/aromatic N) is 4. The first-order chi connectivity index (χ1) is 10.1. The summed E-state index contributed by atoms with van der Waals surface area (Å²) in [6.45, 7) is 5.79. The summed E-state index contributed by atoms with van der Waals surface area (Å²) in [5, 5.41) is 1.13. The summed E-state index contributed by atoms with van der Waals surface area (Å²) in [5.41, 5.74) is 1.24. The molecule has 0 spiro atoms. The molecule has 0 bridgehead atoms. The van der Waals surface area contributed by atoms with E-state index in [9.17, 15) is 4.39 Å². The van der Waals surface area contributed by atoms with Crippen molar-refractivity contribution in [2.24, 2.45) is 5.92 Å². The van der Waals surface area contributed by atoms with Gasteiger partial charge in [0.15, 0.2) is 0 Å². The number of rotatable bonds is 1. The van der Waals surface area contributed by atoms with Crippen molar-refractivity contribution in [3.8, 4) is 0 Å². The van der Waals surface area contributed by atoms with Crippen molar-refractivity contribution in [3.05, 3.63) is 23.0 Å². The van der Waals surface area contributed by atoms with Crippen molar-refractivity contribution in [2.45, 2.75) is 33.1 Å². The molecule has 112 valence electrons. The van der Waals surface area contributed by atoms with Crippen LogP contribution >= 0.6 is 11.6 Å². The van der Waals surface area contributed by atoms with E-state index in [-0.39, 0.29) is 0 Å². The second kappa shape index (κ2) is 5.72. The van der Waals surface area contributed by atoms with Gasteiger partial charge >= 0.3 is 6.08 Å². The van der Waals surface area contributed by atoms with E-state index in [1.807, 2.05) is 0 Å². The van der Waals surface area contributed by atoms with E-state index in [1.54, 1.807) is 13.1 Å². The summed E-state index contributed by atoms with van der Waals surface area (Å²) in [5.74, 6) is 1.21. The van der Waals surface area contributed by atoms with E-state index < -0.39 is 6.08 Å². The SMILES string of the molecule is Cc1c(Cl)ncc2c(N3CCCCC(C)C3)nc(F)nc12. The highest BCUT2D eigenvalue weighted by atomic mass is 35.5. The summed E-state index contributed by atoms with van der Waals surface area (Å²) >= 11 is 6.02. The van der Waals surface area contributed by atoms with Crippen LogP contribution in [-0.2, 0) is 0 Å². The minimum atomic E-state index is -0.709. The monoisotopic (exact) mass is 308 g/mol. The van der Waals surface area contributed by atoms with Crippen molar-refractivity contribution in [3.63, 3.8) is 0 Å². The van der Waals surface area contributed by atoms with Gasteiger partial charge in [0, 0.05) is 24.8 Å². The number of anilines is 1. The van der Waals surface area contributed by atoms with E-state index in [4.69, 9.17) is 11.6 Å². The van der Waals surface area contributed by atoms with Gasteiger partial charge in [0.05, 0.1) is 10.9 Å². The fourth-order valence-electron chi connectivity index (χ4n) is 2.94. The van der Waals surface area contributed by atoms with E-state index in [1.165, 1.54) is 12.8 Å². The normalized spacial score (nSPS) is 19.8. The summed E-state index contributed by atoms with van der Waals surface area (Å²) in [6, 6.07) is 0. The standard InChI is InChI=1S/C15H18ClFN4/c1-9-5-3-4-6-21(8-9)14-11-7-18-13(16)10(2)12(11)19-15(17)20-14/h7,9H,3-6,8H2,1-2H3. The van der Waals surface area contributed by atoms with Gasteiger partial charge in [0.1, 0.15) is 11.0 Å². The third kappa shape index (κ3) is 2.79. The summed E-state index contributed by atoms with van der Waals surface area (Å²) in [7, 11) is 0. The summed E-state index contributed by atoms with van der Waals surface area (Å²) < 4.78 is 13.9. The average Bonchev–Trinajstić information content (AvgIpc) is 2.67.